The molecule has 0 radical (unpaired) electrons. The molecule has 0 rings (SSSR count). The van der Waals surface area contributed by atoms with Crippen molar-refractivity contribution in [2.24, 2.45) is 11.8 Å². The molecule has 124 valence electrons. The Balaban J connectivity index is 0. The van der Waals surface area contributed by atoms with Crippen LogP contribution in [0.1, 0.15) is 69.2 Å². The Hall–Kier alpha value is 1.40. The van der Waals surface area contributed by atoms with Crippen molar-refractivity contribution in [1.82, 2.24) is 0 Å². The van der Waals surface area contributed by atoms with E-state index in [1.807, 2.05) is 43.2 Å². The lowest BCUT2D eigenvalue weighted by Crippen LogP contribution is -2.04. The first kappa shape index (κ1) is 23.7. The van der Waals surface area contributed by atoms with Gasteiger partial charge in [-0.2, -0.15) is 0 Å². The minimum absolute atomic E-state index is 0.756. The summed E-state index contributed by atoms with van der Waals surface area (Å²) in [4.78, 5) is 0. The average Bonchev–Trinajstić information content (AvgIpc) is 2.33. The predicted octanol–water partition coefficient (Wildman–Crippen LogP) is 7.64. The van der Waals surface area contributed by atoms with E-state index < -0.39 is 0 Å². The lowest BCUT2D eigenvalue weighted by atomic mass is 10.2. The average molecular weight is 357 g/mol. The van der Waals surface area contributed by atoms with E-state index >= 15 is 0 Å². The first-order valence-corrected chi connectivity index (χ1v) is 12.3. The van der Waals surface area contributed by atoms with Gasteiger partial charge in [0.2, 0.25) is 0 Å². The molecule has 0 saturated heterocycles. The van der Waals surface area contributed by atoms with Gasteiger partial charge >= 0.3 is 0 Å². The second kappa shape index (κ2) is 14.0. The van der Waals surface area contributed by atoms with Crippen LogP contribution in [-0.4, -0.2) is 21.0 Å². The summed E-state index contributed by atoms with van der Waals surface area (Å²) in [5.74, 6) is 1.60. The molecule has 0 spiro atoms. The van der Waals surface area contributed by atoms with Crippen LogP contribution < -0.4 is 0 Å². The summed E-state index contributed by atoms with van der Waals surface area (Å²) in [5, 5.41) is 3.08. The van der Waals surface area contributed by atoms with Gasteiger partial charge in [0.15, 0.2) is 0 Å². The van der Waals surface area contributed by atoms with Gasteiger partial charge < -0.3 is 0 Å². The third kappa shape index (κ3) is 17.5. The van der Waals surface area contributed by atoms with Crippen molar-refractivity contribution in [3.05, 3.63) is 0 Å². The number of hydrogen-bond donors (Lipinski definition) is 0. The van der Waals surface area contributed by atoms with E-state index in [2.05, 4.69) is 69.2 Å². The fourth-order valence-corrected chi connectivity index (χ4v) is 5.58. The smallest absolute Gasteiger partial charge is 0.0146 e. The van der Waals surface area contributed by atoms with Crippen LogP contribution in [0.5, 0.6) is 0 Å². The van der Waals surface area contributed by atoms with Gasteiger partial charge in [0.05, 0.1) is 0 Å². The van der Waals surface area contributed by atoms with Gasteiger partial charge in [-0.25, -0.2) is 0 Å². The van der Waals surface area contributed by atoms with E-state index in [1.54, 1.807) is 0 Å². The van der Waals surface area contributed by atoms with Crippen LogP contribution in [0, 0.1) is 11.8 Å². The van der Waals surface area contributed by atoms with Crippen molar-refractivity contribution in [2.45, 2.75) is 90.2 Å². The fraction of sp³-hybridized carbons (Fsp3) is 1.00. The van der Waals surface area contributed by atoms with Gasteiger partial charge in [0.1, 0.15) is 0 Å². The van der Waals surface area contributed by atoms with Crippen LogP contribution in [0.3, 0.4) is 0 Å². The highest BCUT2D eigenvalue weighted by molar-refractivity contribution is 8.77. The Labute approximate surface area is 145 Å². The van der Waals surface area contributed by atoms with Crippen molar-refractivity contribution in [1.29, 1.82) is 0 Å². The summed E-state index contributed by atoms with van der Waals surface area (Å²) in [6.07, 6.45) is 0. The van der Waals surface area contributed by atoms with E-state index in [9.17, 15) is 0 Å². The molecular formula is C16H36S4. The van der Waals surface area contributed by atoms with Crippen molar-refractivity contribution < 1.29 is 0 Å². The molecular weight excluding hydrogens is 320 g/mol. The van der Waals surface area contributed by atoms with Crippen LogP contribution in [0.2, 0.25) is 0 Å². The first-order valence-electron chi connectivity index (χ1n) is 7.72. The maximum Gasteiger partial charge on any atom is 0.0146 e. The van der Waals surface area contributed by atoms with Gasteiger partial charge in [-0.05, 0) is 11.8 Å². The highest BCUT2D eigenvalue weighted by Crippen LogP contribution is 2.34. The van der Waals surface area contributed by atoms with E-state index in [1.165, 1.54) is 0 Å². The molecule has 20 heavy (non-hydrogen) atoms. The monoisotopic (exact) mass is 356 g/mol. The zero-order valence-corrected chi connectivity index (χ0v) is 18.4. The van der Waals surface area contributed by atoms with Crippen molar-refractivity contribution in [3.63, 3.8) is 0 Å². The SMILES string of the molecule is CC(C)SS[C@@H](C)C(C)C.CC(C)SS[C@H](C)C(C)C. The normalized spacial score (nSPS) is 14.7. The molecule has 0 N–H and O–H groups in total. The summed E-state index contributed by atoms with van der Waals surface area (Å²) in [6.45, 7) is 22.7. The third-order valence-electron chi connectivity index (χ3n) is 2.68. The molecule has 0 bridgehead atoms. The molecule has 0 aromatic carbocycles. The Bertz CT molecular complexity index is 181. The second-order valence-corrected chi connectivity index (χ2v) is 12.8. The molecule has 4 heteroatoms. The van der Waals surface area contributed by atoms with Gasteiger partial charge in [-0.1, -0.05) is 112 Å². The predicted molar refractivity (Wildman–Crippen MR) is 109 cm³/mol. The topological polar surface area (TPSA) is 0 Å². The standard InChI is InChI=1S/2C8H18S2/c2*1-6(2)8(5)10-9-7(3)4/h2*6-8H,1-5H3/t2*8-/m10/s1. The lowest BCUT2D eigenvalue weighted by molar-refractivity contribution is 0.645. The van der Waals surface area contributed by atoms with Crippen LogP contribution in [-0.2, 0) is 0 Å². The maximum absolute atomic E-state index is 2.30. The summed E-state index contributed by atoms with van der Waals surface area (Å²) in [5.41, 5.74) is 0. The third-order valence-corrected chi connectivity index (χ3v) is 10.2. The summed E-state index contributed by atoms with van der Waals surface area (Å²) < 4.78 is 0. The fourth-order valence-electron chi connectivity index (χ4n) is 0.620. The van der Waals surface area contributed by atoms with Crippen molar-refractivity contribution >= 4 is 43.2 Å². The molecule has 0 nitrogen and oxygen atoms in total. The van der Waals surface area contributed by atoms with Gasteiger partial charge in [-0.3, -0.25) is 0 Å². The minimum atomic E-state index is 0.756. The summed E-state index contributed by atoms with van der Waals surface area (Å²) >= 11 is 0. The van der Waals surface area contributed by atoms with E-state index in [0.717, 1.165) is 32.8 Å². The van der Waals surface area contributed by atoms with E-state index in [0.29, 0.717) is 0 Å². The largest absolute Gasteiger partial charge is 0.0910 e. The Morgan fingerprint density at radius 2 is 0.650 bits per heavy atom. The minimum Gasteiger partial charge on any atom is -0.0910 e. The van der Waals surface area contributed by atoms with Gasteiger partial charge in [-0.15, -0.1) is 0 Å². The second-order valence-electron chi connectivity index (χ2n) is 6.38. The molecule has 0 aliphatic carbocycles. The van der Waals surface area contributed by atoms with Gasteiger partial charge in [0.25, 0.3) is 0 Å². The van der Waals surface area contributed by atoms with Gasteiger partial charge in [0, 0.05) is 21.0 Å². The highest BCUT2D eigenvalue weighted by Gasteiger charge is 2.08. The molecule has 0 unspecified atom stereocenters. The molecule has 0 aromatic heterocycles. The lowest BCUT2D eigenvalue weighted by Gasteiger charge is -2.14. The van der Waals surface area contributed by atoms with Crippen LogP contribution in [0.15, 0.2) is 0 Å². The van der Waals surface area contributed by atoms with Crippen LogP contribution >= 0.6 is 43.2 Å². The van der Waals surface area contributed by atoms with Crippen molar-refractivity contribution in [3.8, 4) is 0 Å². The molecule has 0 fully saturated rings. The first-order chi connectivity index (χ1) is 9.07. The molecule has 2 atom stereocenters. The maximum atomic E-state index is 2.30. The van der Waals surface area contributed by atoms with Crippen LogP contribution in [0.25, 0.3) is 0 Å². The molecule has 0 aromatic rings. The molecule has 0 amide bonds. The Morgan fingerprint density at radius 1 is 0.400 bits per heavy atom. The van der Waals surface area contributed by atoms with E-state index in [4.69, 9.17) is 0 Å². The molecule has 0 aliphatic rings. The number of rotatable bonds is 8. The highest BCUT2D eigenvalue weighted by atomic mass is 33.1. The molecule has 0 saturated carbocycles. The van der Waals surface area contributed by atoms with E-state index in [-0.39, 0.29) is 0 Å². The zero-order valence-electron chi connectivity index (χ0n) is 15.1. The zero-order chi connectivity index (χ0) is 16.3. The summed E-state index contributed by atoms with van der Waals surface area (Å²) in [7, 11) is 7.99. The Morgan fingerprint density at radius 3 is 0.800 bits per heavy atom. The molecule has 0 aliphatic heterocycles. The molecule has 0 heterocycles. The number of hydrogen-bond acceptors (Lipinski definition) is 4. The quantitative estimate of drug-likeness (QED) is 0.409. The Kier molecular flexibility index (Phi) is 16.6. The summed E-state index contributed by atoms with van der Waals surface area (Å²) in [6, 6.07) is 0. The van der Waals surface area contributed by atoms with Crippen molar-refractivity contribution in [2.75, 3.05) is 0 Å². The van der Waals surface area contributed by atoms with Crippen LogP contribution in [0.4, 0.5) is 0 Å².